The number of aromatic nitrogens is 1. The van der Waals surface area contributed by atoms with Gasteiger partial charge < -0.3 is 9.47 Å². The molecule has 0 saturated heterocycles. The van der Waals surface area contributed by atoms with E-state index in [0.29, 0.717) is 22.2 Å². The Kier molecular flexibility index (Phi) is 7.16. The maximum absolute atomic E-state index is 12.4. The lowest BCUT2D eigenvalue weighted by Gasteiger charge is -2.10. The molecule has 0 amide bonds. The Morgan fingerprint density at radius 2 is 1.91 bits per heavy atom. The number of thiazole rings is 1. The number of ether oxygens (including phenoxy) is 2. The van der Waals surface area contributed by atoms with E-state index in [2.05, 4.69) is 31.4 Å². The van der Waals surface area contributed by atoms with Gasteiger partial charge in [0, 0.05) is 15.4 Å². The minimum absolute atomic E-state index is 0.341. The van der Waals surface area contributed by atoms with Crippen LogP contribution in [-0.2, 0) is 0 Å². The number of aryl methyl sites for hydroxylation is 1. The molecule has 4 rings (SSSR count). The molecule has 6 nitrogen and oxygen atoms in total. The number of hydrazone groups is 1. The Morgan fingerprint density at radius 3 is 2.67 bits per heavy atom. The summed E-state index contributed by atoms with van der Waals surface area (Å²) in [6, 6.07) is 20.4. The Bertz CT molecular complexity index is 1300. The number of benzene rings is 3. The molecule has 0 aliphatic rings. The second kappa shape index (κ2) is 10.4. The average Bonchev–Trinajstić information content (AvgIpc) is 3.29. The Morgan fingerprint density at radius 1 is 1.09 bits per heavy atom. The molecule has 0 spiro atoms. The summed E-state index contributed by atoms with van der Waals surface area (Å²) in [7, 11) is 1.53. The zero-order valence-electron chi connectivity index (χ0n) is 17.9. The molecule has 1 aromatic heterocycles. The van der Waals surface area contributed by atoms with Crippen molar-refractivity contribution < 1.29 is 14.3 Å². The SMILES string of the molecule is COc1cc(/C=N\Nc2nc(-c3ccc(Br)cc3)cs2)ccc1OC(=O)c1cccc(C)c1. The normalized spacial score (nSPS) is 10.9. The monoisotopic (exact) mass is 521 g/mol. The van der Waals surface area contributed by atoms with Crippen molar-refractivity contribution in [1.82, 2.24) is 4.98 Å². The van der Waals surface area contributed by atoms with Gasteiger partial charge in [0.2, 0.25) is 5.13 Å². The predicted molar refractivity (Wildman–Crippen MR) is 136 cm³/mol. The van der Waals surface area contributed by atoms with Crippen molar-refractivity contribution >= 4 is 44.6 Å². The third-order valence-electron chi connectivity index (χ3n) is 4.66. The maximum atomic E-state index is 12.4. The highest BCUT2D eigenvalue weighted by molar-refractivity contribution is 9.10. The molecule has 0 unspecified atom stereocenters. The Hall–Kier alpha value is -3.49. The van der Waals surface area contributed by atoms with Gasteiger partial charge >= 0.3 is 5.97 Å². The van der Waals surface area contributed by atoms with Gasteiger partial charge in [-0.15, -0.1) is 11.3 Å². The van der Waals surface area contributed by atoms with E-state index in [9.17, 15) is 4.79 Å². The first-order valence-corrected chi connectivity index (χ1v) is 11.7. The second-order valence-electron chi connectivity index (χ2n) is 7.08. The first-order chi connectivity index (χ1) is 16.0. The van der Waals surface area contributed by atoms with Crippen molar-refractivity contribution in [3.63, 3.8) is 0 Å². The van der Waals surface area contributed by atoms with E-state index in [1.54, 1.807) is 36.5 Å². The van der Waals surface area contributed by atoms with Crippen molar-refractivity contribution in [2.45, 2.75) is 6.92 Å². The van der Waals surface area contributed by atoms with Crippen LogP contribution in [0.25, 0.3) is 11.3 Å². The van der Waals surface area contributed by atoms with Gasteiger partial charge in [0.25, 0.3) is 0 Å². The number of esters is 1. The van der Waals surface area contributed by atoms with Crippen LogP contribution in [0.3, 0.4) is 0 Å². The highest BCUT2D eigenvalue weighted by Crippen LogP contribution is 2.29. The van der Waals surface area contributed by atoms with E-state index >= 15 is 0 Å². The third kappa shape index (κ3) is 5.85. The van der Waals surface area contributed by atoms with E-state index in [1.807, 2.05) is 48.7 Å². The number of hydrogen-bond acceptors (Lipinski definition) is 7. The van der Waals surface area contributed by atoms with Crippen LogP contribution in [0.15, 0.2) is 81.7 Å². The summed E-state index contributed by atoms with van der Waals surface area (Å²) in [4.78, 5) is 17.0. The van der Waals surface area contributed by atoms with Gasteiger partial charge in [-0.3, -0.25) is 5.43 Å². The number of hydrogen-bond donors (Lipinski definition) is 1. The summed E-state index contributed by atoms with van der Waals surface area (Å²) in [5, 5.41) is 6.91. The van der Waals surface area contributed by atoms with Crippen molar-refractivity contribution in [2.75, 3.05) is 12.5 Å². The lowest BCUT2D eigenvalue weighted by atomic mass is 10.1. The number of rotatable bonds is 7. The van der Waals surface area contributed by atoms with Crippen LogP contribution in [0, 0.1) is 6.92 Å². The fraction of sp³-hybridized carbons (Fsp3) is 0.0800. The van der Waals surface area contributed by atoms with Gasteiger partial charge in [0.1, 0.15) is 0 Å². The third-order valence-corrected chi connectivity index (χ3v) is 5.94. The topological polar surface area (TPSA) is 72.8 Å². The van der Waals surface area contributed by atoms with Gasteiger partial charge in [0.15, 0.2) is 11.5 Å². The molecular weight excluding hydrogens is 502 g/mol. The fourth-order valence-corrected chi connectivity index (χ4v) is 3.95. The summed E-state index contributed by atoms with van der Waals surface area (Å²) < 4.78 is 11.9. The van der Waals surface area contributed by atoms with E-state index in [1.165, 1.54) is 18.4 Å². The summed E-state index contributed by atoms with van der Waals surface area (Å²) in [5.41, 5.74) is 7.11. The molecule has 0 fully saturated rings. The van der Waals surface area contributed by atoms with E-state index < -0.39 is 5.97 Å². The average molecular weight is 522 g/mol. The molecule has 0 saturated carbocycles. The lowest BCUT2D eigenvalue weighted by Crippen LogP contribution is -2.09. The van der Waals surface area contributed by atoms with Crippen LogP contribution in [0.2, 0.25) is 0 Å². The lowest BCUT2D eigenvalue weighted by molar-refractivity contribution is 0.0729. The number of carbonyl (C=O) groups is 1. The Balaban J connectivity index is 1.41. The zero-order chi connectivity index (χ0) is 23.2. The first-order valence-electron chi connectivity index (χ1n) is 9.99. The minimum atomic E-state index is -0.439. The van der Waals surface area contributed by atoms with Gasteiger partial charge in [-0.05, 0) is 55.0 Å². The molecule has 4 aromatic rings. The van der Waals surface area contributed by atoms with Gasteiger partial charge in [-0.25, -0.2) is 9.78 Å². The van der Waals surface area contributed by atoms with Crippen molar-refractivity contribution in [3.05, 3.63) is 93.3 Å². The number of nitrogens with zero attached hydrogens (tertiary/aromatic N) is 2. The highest BCUT2D eigenvalue weighted by atomic mass is 79.9. The van der Waals surface area contributed by atoms with Crippen LogP contribution in [-0.4, -0.2) is 24.3 Å². The van der Waals surface area contributed by atoms with Crippen LogP contribution in [0.5, 0.6) is 11.5 Å². The van der Waals surface area contributed by atoms with Crippen molar-refractivity contribution in [1.29, 1.82) is 0 Å². The summed E-state index contributed by atoms with van der Waals surface area (Å²) in [6.45, 7) is 1.92. The highest BCUT2D eigenvalue weighted by Gasteiger charge is 2.13. The number of methoxy groups -OCH3 is 1. The Labute approximate surface area is 204 Å². The summed E-state index contributed by atoms with van der Waals surface area (Å²) >= 11 is 4.91. The van der Waals surface area contributed by atoms with Crippen molar-refractivity contribution in [2.24, 2.45) is 5.10 Å². The molecule has 0 atom stereocenters. The minimum Gasteiger partial charge on any atom is -0.493 e. The fourth-order valence-electron chi connectivity index (χ4n) is 3.02. The number of carbonyl (C=O) groups excluding carboxylic acids is 1. The van der Waals surface area contributed by atoms with Gasteiger partial charge in [0.05, 0.1) is 24.6 Å². The van der Waals surface area contributed by atoms with Crippen molar-refractivity contribution in [3.8, 4) is 22.8 Å². The summed E-state index contributed by atoms with van der Waals surface area (Å²) in [5.74, 6) is 0.338. The maximum Gasteiger partial charge on any atom is 0.343 e. The smallest absolute Gasteiger partial charge is 0.343 e. The molecule has 3 aromatic carbocycles. The van der Waals surface area contributed by atoms with E-state index in [4.69, 9.17) is 9.47 Å². The molecule has 33 heavy (non-hydrogen) atoms. The van der Waals surface area contributed by atoms with Gasteiger partial charge in [-0.2, -0.15) is 5.10 Å². The molecule has 0 aliphatic heterocycles. The van der Waals surface area contributed by atoms with Gasteiger partial charge in [-0.1, -0.05) is 45.8 Å². The largest absolute Gasteiger partial charge is 0.493 e. The molecule has 1 N–H and O–H groups in total. The molecule has 0 bridgehead atoms. The van der Waals surface area contributed by atoms with Crippen LogP contribution in [0.4, 0.5) is 5.13 Å². The predicted octanol–water partition coefficient (Wildman–Crippen LogP) is 6.55. The molecule has 166 valence electrons. The first kappa shape index (κ1) is 22.7. The van der Waals surface area contributed by atoms with Crippen LogP contribution < -0.4 is 14.9 Å². The quantitative estimate of drug-likeness (QED) is 0.129. The van der Waals surface area contributed by atoms with E-state index in [-0.39, 0.29) is 0 Å². The molecule has 0 aliphatic carbocycles. The number of halogens is 1. The number of nitrogens with one attached hydrogen (secondary N) is 1. The van der Waals surface area contributed by atoms with Crippen LogP contribution in [0.1, 0.15) is 21.5 Å². The molecule has 1 heterocycles. The summed E-state index contributed by atoms with van der Waals surface area (Å²) in [6.07, 6.45) is 1.65. The second-order valence-corrected chi connectivity index (χ2v) is 8.86. The standard InChI is InChI=1S/C25H20BrN3O3S/c1-16-4-3-5-19(12-16)24(30)32-22-11-6-17(13-23(22)31-2)14-27-29-25-28-21(15-33-25)18-7-9-20(26)10-8-18/h3-15H,1-2H3,(H,28,29)/b27-14-. The van der Waals surface area contributed by atoms with E-state index in [0.717, 1.165) is 26.9 Å². The number of anilines is 1. The zero-order valence-corrected chi connectivity index (χ0v) is 20.3. The molecule has 0 radical (unpaired) electrons. The van der Waals surface area contributed by atoms with Crippen LogP contribution >= 0.6 is 27.3 Å². The molecular formula is C25H20BrN3O3S. The molecule has 8 heteroatoms.